The van der Waals surface area contributed by atoms with Crippen LogP contribution in [0.3, 0.4) is 0 Å². The van der Waals surface area contributed by atoms with Gasteiger partial charge in [0.15, 0.2) is 0 Å². The van der Waals surface area contributed by atoms with Crippen LogP contribution in [0.4, 0.5) is 5.69 Å². The monoisotopic (exact) mass is 342 g/mol. The predicted molar refractivity (Wildman–Crippen MR) is 89.0 cm³/mol. The molecular weight excluding hydrogens is 324 g/mol. The molecule has 1 atom stereocenters. The van der Waals surface area contributed by atoms with E-state index in [9.17, 15) is 19.5 Å². The summed E-state index contributed by atoms with van der Waals surface area (Å²) < 4.78 is 5.23. The summed E-state index contributed by atoms with van der Waals surface area (Å²) in [6.07, 6.45) is 1.63. The molecule has 1 aliphatic heterocycles. The Labute approximate surface area is 144 Å². The number of carboxylic acid groups (broad SMARTS) is 1. The fourth-order valence-electron chi connectivity index (χ4n) is 2.87. The zero-order valence-electron chi connectivity index (χ0n) is 13.7. The molecule has 0 saturated carbocycles. The van der Waals surface area contributed by atoms with Gasteiger partial charge in [-0.3, -0.25) is 9.59 Å². The summed E-state index contributed by atoms with van der Waals surface area (Å²) in [6.45, 7) is 2.38. The molecule has 1 fully saturated rings. The molecule has 25 heavy (non-hydrogen) atoms. The van der Waals surface area contributed by atoms with E-state index in [0.29, 0.717) is 12.3 Å². The lowest BCUT2D eigenvalue weighted by atomic mass is 10.1. The number of nitrogens with one attached hydrogen (secondary N) is 1. The molecule has 1 aromatic heterocycles. The van der Waals surface area contributed by atoms with Crippen molar-refractivity contribution < 1.29 is 23.9 Å². The van der Waals surface area contributed by atoms with E-state index in [1.165, 1.54) is 12.3 Å². The van der Waals surface area contributed by atoms with Crippen LogP contribution < -0.4 is 5.32 Å². The molecule has 2 heterocycles. The van der Waals surface area contributed by atoms with Gasteiger partial charge in [-0.1, -0.05) is 11.6 Å². The molecule has 0 radical (unpaired) electrons. The Morgan fingerprint density at radius 3 is 2.84 bits per heavy atom. The van der Waals surface area contributed by atoms with Crippen molar-refractivity contribution in [3.8, 4) is 0 Å². The van der Waals surface area contributed by atoms with E-state index in [0.717, 1.165) is 5.56 Å². The maximum absolute atomic E-state index is 12.5. The number of carbonyl (C=O) groups excluding carboxylic acids is 2. The number of carboxylic acids is 1. The number of nitrogens with zero attached hydrogens (tertiary/aromatic N) is 1. The SMILES string of the molecule is Cc1ccc(NC(=O)C2CC(=O)N(Cc3ccco3)C2)c(C(=O)O)c1. The number of hydrogen-bond donors (Lipinski definition) is 2. The number of furan rings is 1. The second-order valence-corrected chi connectivity index (χ2v) is 6.10. The topological polar surface area (TPSA) is 99.9 Å². The maximum atomic E-state index is 12.5. The molecule has 0 bridgehead atoms. The van der Waals surface area contributed by atoms with E-state index < -0.39 is 11.9 Å². The van der Waals surface area contributed by atoms with Crippen LogP contribution in [0.25, 0.3) is 0 Å². The summed E-state index contributed by atoms with van der Waals surface area (Å²) in [7, 11) is 0. The van der Waals surface area contributed by atoms with Crippen molar-refractivity contribution >= 4 is 23.5 Å². The predicted octanol–water partition coefficient (Wildman–Crippen LogP) is 2.27. The minimum atomic E-state index is -1.11. The van der Waals surface area contributed by atoms with Gasteiger partial charge < -0.3 is 19.7 Å². The number of benzene rings is 1. The van der Waals surface area contributed by atoms with Gasteiger partial charge in [0.25, 0.3) is 0 Å². The molecule has 7 heteroatoms. The number of hydrogen-bond acceptors (Lipinski definition) is 4. The first-order valence-electron chi connectivity index (χ1n) is 7.89. The van der Waals surface area contributed by atoms with E-state index in [1.807, 2.05) is 0 Å². The molecule has 2 aromatic rings. The lowest BCUT2D eigenvalue weighted by Gasteiger charge is -2.15. The molecule has 7 nitrogen and oxygen atoms in total. The molecule has 2 N–H and O–H groups in total. The number of aromatic carboxylic acids is 1. The molecule has 1 unspecified atom stereocenters. The highest BCUT2D eigenvalue weighted by Crippen LogP contribution is 2.24. The largest absolute Gasteiger partial charge is 0.478 e. The third-order valence-electron chi connectivity index (χ3n) is 4.18. The second kappa shape index (κ2) is 6.80. The van der Waals surface area contributed by atoms with Crippen molar-refractivity contribution in [3.05, 3.63) is 53.5 Å². The lowest BCUT2D eigenvalue weighted by molar-refractivity contribution is -0.128. The van der Waals surface area contributed by atoms with Crippen molar-refractivity contribution in [1.82, 2.24) is 4.90 Å². The van der Waals surface area contributed by atoms with Crippen LogP contribution >= 0.6 is 0 Å². The molecule has 0 spiro atoms. The van der Waals surface area contributed by atoms with Crippen LogP contribution in [0.5, 0.6) is 0 Å². The van der Waals surface area contributed by atoms with E-state index >= 15 is 0 Å². The van der Waals surface area contributed by atoms with Crippen molar-refractivity contribution in [2.75, 3.05) is 11.9 Å². The summed E-state index contributed by atoms with van der Waals surface area (Å²) in [5.41, 5.74) is 1.06. The van der Waals surface area contributed by atoms with Gasteiger partial charge >= 0.3 is 5.97 Å². The van der Waals surface area contributed by atoms with Crippen LogP contribution in [0.2, 0.25) is 0 Å². The van der Waals surface area contributed by atoms with Crippen molar-refractivity contribution in [2.45, 2.75) is 19.9 Å². The van der Waals surface area contributed by atoms with Gasteiger partial charge in [-0.05, 0) is 31.2 Å². The van der Waals surface area contributed by atoms with Crippen molar-refractivity contribution in [1.29, 1.82) is 0 Å². The molecule has 3 rings (SSSR count). The summed E-state index contributed by atoms with van der Waals surface area (Å²) >= 11 is 0. The van der Waals surface area contributed by atoms with Gasteiger partial charge in [-0.15, -0.1) is 0 Å². The Morgan fingerprint density at radius 2 is 2.16 bits per heavy atom. The smallest absolute Gasteiger partial charge is 0.337 e. The fraction of sp³-hybridized carbons (Fsp3) is 0.278. The molecule has 0 aliphatic carbocycles. The first-order valence-corrected chi connectivity index (χ1v) is 7.89. The van der Waals surface area contributed by atoms with Crippen molar-refractivity contribution in [2.24, 2.45) is 5.92 Å². The molecule has 1 aromatic carbocycles. The molecule has 1 saturated heterocycles. The van der Waals surface area contributed by atoms with Gasteiger partial charge in [0, 0.05) is 13.0 Å². The van der Waals surface area contributed by atoms with Crippen LogP contribution in [0, 0.1) is 12.8 Å². The minimum Gasteiger partial charge on any atom is -0.478 e. The molecular formula is C18H18N2O5. The standard InChI is InChI=1S/C18H18N2O5/c1-11-4-5-15(14(7-11)18(23)24)19-17(22)12-8-16(21)20(9-12)10-13-3-2-6-25-13/h2-7,12H,8-10H2,1H3,(H,19,22)(H,23,24). The van der Waals surface area contributed by atoms with E-state index in [1.54, 1.807) is 36.1 Å². The van der Waals surface area contributed by atoms with Crippen molar-refractivity contribution in [3.63, 3.8) is 0 Å². The first-order chi connectivity index (χ1) is 11.9. The van der Waals surface area contributed by atoms with Crippen LogP contribution in [-0.2, 0) is 16.1 Å². The quantitative estimate of drug-likeness (QED) is 0.868. The first kappa shape index (κ1) is 16.8. The summed E-state index contributed by atoms with van der Waals surface area (Å²) in [5, 5.41) is 11.9. The lowest BCUT2D eigenvalue weighted by Crippen LogP contribution is -2.28. The molecule has 130 valence electrons. The van der Waals surface area contributed by atoms with Gasteiger partial charge in [-0.25, -0.2) is 4.79 Å². The van der Waals surface area contributed by atoms with Crippen LogP contribution in [0.1, 0.15) is 28.1 Å². The van der Waals surface area contributed by atoms with E-state index in [2.05, 4.69) is 5.32 Å². The molecule has 1 aliphatic rings. The average molecular weight is 342 g/mol. The Kier molecular flexibility index (Phi) is 4.56. The highest BCUT2D eigenvalue weighted by atomic mass is 16.4. The summed E-state index contributed by atoms with van der Waals surface area (Å²) in [6, 6.07) is 8.30. The summed E-state index contributed by atoms with van der Waals surface area (Å²) in [4.78, 5) is 37.5. The average Bonchev–Trinajstić information content (AvgIpc) is 3.20. The summed E-state index contributed by atoms with van der Waals surface area (Å²) in [5.74, 6) is -1.46. The highest BCUT2D eigenvalue weighted by molar-refractivity contribution is 6.02. The number of rotatable bonds is 5. The van der Waals surface area contributed by atoms with Gasteiger partial charge in [0.05, 0.1) is 30.0 Å². The van der Waals surface area contributed by atoms with Gasteiger partial charge in [-0.2, -0.15) is 0 Å². The van der Waals surface area contributed by atoms with Gasteiger partial charge in [0.2, 0.25) is 11.8 Å². The number of amides is 2. The maximum Gasteiger partial charge on any atom is 0.337 e. The Bertz CT molecular complexity index is 813. The van der Waals surface area contributed by atoms with E-state index in [4.69, 9.17) is 4.42 Å². The minimum absolute atomic E-state index is 0.0325. The fourth-order valence-corrected chi connectivity index (χ4v) is 2.87. The number of anilines is 1. The number of likely N-dealkylation sites (tertiary alicyclic amines) is 1. The zero-order valence-corrected chi connectivity index (χ0v) is 13.7. The number of aryl methyl sites for hydroxylation is 1. The Balaban J connectivity index is 1.68. The van der Waals surface area contributed by atoms with Crippen LogP contribution in [0.15, 0.2) is 41.0 Å². The highest BCUT2D eigenvalue weighted by Gasteiger charge is 2.35. The zero-order chi connectivity index (χ0) is 18.0. The van der Waals surface area contributed by atoms with Crippen LogP contribution in [-0.4, -0.2) is 34.3 Å². The third-order valence-corrected chi connectivity index (χ3v) is 4.18. The Morgan fingerprint density at radius 1 is 1.36 bits per heavy atom. The Hall–Kier alpha value is -3.09. The normalized spacial score (nSPS) is 16.9. The second-order valence-electron chi connectivity index (χ2n) is 6.10. The number of carbonyl (C=O) groups is 3. The molecule has 2 amide bonds. The van der Waals surface area contributed by atoms with Gasteiger partial charge in [0.1, 0.15) is 5.76 Å². The third kappa shape index (κ3) is 3.71. The van der Waals surface area contributed by atoms with E-state index in [-0.39, 0.29) is 36.0 Å².